The lowest BCUT2D eigenvalue weighted by Gasteiger charge is -2.20. The van der Waals surface area contributed by atoms with Crippen LogP contribution in [0.1, 0.15) is 29.9 Å². The number of hydrogen-bond acceptors (Lipinski definition) is 6. The number of amides is 1. The fraction of sp³-hybridized carbons (Fsp3) is 0.312. The van der Waals surface area contributed by atoms with Gasteiger partial charge >= 0.3 is 5.97 Å². The molecule has 0 spiro atoms. The number of nitrogens with one attached hydrogen (secondary N) is 1. The largest absolute Gasteiger partial charge is 0.448 e. The van der Waals surface area contributed by atoms with Crippen molar-refractivity contribution in [3.8, 4) is 0 Å². The Kier molecular flexibility index (Phi) is 5.33. The molecule has 0 radical (unpaired) electrons. The summed E-state index contributed by atoms with van der Waals surface area (Å²) in [5, 5.41) is 3.03. The number of para-hydroxylation sites is 1. The highest BCUT2D eigenvalue weighted by Gasteiger charge is 2.29. The van der Waals surface area contributed by atoms with E-state index in [1.165, 1.54) is 0 Å². The molecular weight excluding hydrogens is 314 g/mol. The topological polar surface area (TPSA) is 94.3 Å². The van der Waals surface area contributed by atoms with Crippen LogP contribution in [-0.4, -0.2) is 22.4 Å². The molecule has 23 heavy (non-hydrogen) atoms. The summed E-state index contributed by atoms with van der Waals surface area (Å²) >= 11 is 1.03. The van der Waals surface area contributed by atoms with Gasteiger partial charge in [0.1, 0.15) is 10.6 Å². The summed E-state index contributed by atoms with van der Waals surface area (Å²) in [5.74, 6) is -1.19. The number of ether oxygens (including phenoxy) is 1. The molecule has 122 valence electrons. The quantitative estimate of drug-likeness (QED) is 0.821. The highest BCUT2D eigenvalue weighted by molar-refractivity contribution is 7.10. The van der Waals surface area contributed by atoms with Crippen LogP contribution in [0.25, 0.3) is 0 Å². The highest BCUT2D eigenvalue weighted by atomic mass is 32.1. The first-order valence-electron chi connectivity index (χ1n) is 7.18. The summed E-state index contributed by atoms with van der Waals surface area (Å²) < 4.78 is 9.40. The van der Waals surface area contributed by atoms with Gasteiger partial charge in [0, 0.05) is 5.69 Å². The van der Waals surface area contributed by atoms with Crippen molar-refractivity contribution in [2.75, 3.05) is 11.1 Å². The van der Waals surface area contributed by atoms with Gasteiger partial charge in [0.25, 0.3) is 5.91 Å². The summed E-state index contributed by atoms with van der Waals surface area (Å²) in [4.78, 5) is 24.7. The molecule has 1 heterocycles. The first-order chi connectivity index (χ1) is 10.9. The van der Waals surface area contributed by atoms with Crippen LogP contribution in [0, 0.1) is 12.8 Å². The van der Waals surface area contributed by atoms with Crippen molar-refractivity contribution in [2.24, 2.45) is 5.92 Å². The van der Waals surface area contributed by atoms with Crippen LogP contribution in [0.5, 0.6) is 0 Å². The van der Waals surface area contributed by atoms with Crippen molar-refractivity contribution in [2.45, 2.75) is 26.9 Å². The molecule has 1 atom stereocenters. The van der Waals surface area contributed by atoms with Crippen LogP contribution in [-0.2, 0) is 9.53 Å². The summed E-state index contributed by atoms with van der Waals surface area (Å²) in [6, 6.07) is 9.01. The van der Waals surface area contributed by atoms with Crippen LogP contribution in [0.2, 0.25) is 0 Å². The second-order valence-corrected chi connectivity index (χ2v) is 6.24. The molecule has 2 rings (SSSR count). The van der Waals surface area contributed by atoms with Crippen molar-refractivity contribution in [3.63, 3.8) is 0 Å². The fourth-order valence-corrected chi connectivity index (χ4v) is 2.69. The van der Waals surface area contributed by atoms with Gasteiger partial charge in [-0.05, 0) is 36.5 Å². The molecular formula is C16H19N3O3S. The zero-order valence-corrected chi connectivity index (χ0v) is 14.0. The molecule has 0 saturated carbocycles. The van der Waals surface area contributed by atoms with Gasteiger partial charge < -0.3 is 15.8 Å². The first kappa shape index (κ1) is 17.0. The number of carbonyl (C=O) groups is 2. The maximum absolute atomic E-state index is 12.4. The van der Waals surface area contributed by atoms with E-state index in [4.69, 9.17) is 10.5 Å². The average Bonchev–Trinajstić information content (AvgIpc) is 2.84. The lowest BCUT2D eigenvalue weighted by molar-refractivity contribution is -0.126. The van der Waals surface area contributed by atoms with Crippen molar-refractivity contribution in [3.05, 3.63) is 41.6 Å². The van der Waals surface area contributed by atoms with Crippen molar-refractivity contribution >= 4 is 34.1 Å². The minimum Gasteiger partial charge on any atom is -0.448 e. The molecule has 0 fully saturated rings. The number of nitrogens with zero attached hydrogens (tertiary/aromatic N) is 1. The van der Waals surface area contributed by atoms with E-state index in [-0.39, 0.29) is 17.4 Å². The Hall–Kier alpha value is -2.41. The van der Waals surface area contributed by atoms with Gasteiger partial charge in [-0.2, -0.15) is 4.37 Å². The molecule has 3 N–H and O–H groups in total. The van der Waals surface area contributed by atoms with E-state index >= 15 is 0 Å². The molecule has 0 unspecified atom stereocenters. The number of nitrogen functional groups attached to an aromatic ring is 1. The molecule has 0 saturated heterocycles. The van der Waals surface area contributed by atoms with Gasteiger partial charge in [-0.3, -0.25) is 4.79 Å². The van der Waals surface area contributed by atoms with E-state index in [2.05, 4.69) is 9.69 Å². The van der Waals surface area contributed by atoms with Gasteiger partial charge in [0.2, 0.25) is 0 Å². The van der Waals surface area contributed by atoms with E-state index in [1.54, 1.807) is 19.1 Å². The number of hydrogen-bond donors (Lipinski definition) is 2. The number of anilines is 2. The third-order valence-electron chi connectivity index (χ3n) is 3.23. The number of aromatic nitrogens is 1. The number of esters is 1. The Morgan fingerprint density at radius 3 is 2.43 bits per heavy atom. The van der Waals surface area contributed by atoms with Crippen LogP contribution >= 0.6 is 11.5 Å². The summed E-state index contributed by atoms with van der Waals surface area (Å²) in [7, 11) is 0. The fourth-order valence-electron chi connectivity index (χ4n) is 2.04. The zero-order chi connectivity index (χ0) is 17.0. The average molecular weight is 333 g/mol. The van der Waals surface area contributed by atoms with Gasteiger partial charge in [0.05, 0.1) is 5.69 Å². The predicted octanol–water partition coefficient (Wildman–Crippen LogP) is 2.85. The molecule has 7 heteroatoms. The minimum absolute atomic E-state index is 0.184. The summed E-state index contributed by atoms with van der Waals surface area (Å²) in [6.45, 7) is 5.30. The Morgan fingerprint density at radius 1 is 1.26 bits per heavy atom. The predicted molar refractivity (Wildman–Crippen MR) is 90.4 cm³/mol. The third kappa shape index (κ3) is 4.07. The standard InChI is InChI=1S/C16H19N3O3S/c1-9(2)13(15(20)18-11-7-5-4-6-8-11)22-16(21)12-10(3)19-23-14(12)17/h4-9,13H,17H2,1-3H3,(H,18,20)/t13-/m0/s1. The van der Waals surface area contributed by atoms with Gasteiger partial charge in [-0.1, -0.05) is 32.0 Å². The van der Waals surface area contributed by atoms with E-state index in [1.807, 2.05) is 32.0 Å². The maximum atomic E-state index is 12.4. The summed E-state index contributed by atoms with van der Waals surface area (Å²) in [6.07, 6.45) is -0.915. The number of benzene rings is 1. The highest BCUT2D eigenvalue weighted by Crippen LogP contribution is 2.23. The molecule has 2 aromatic rings. The van der Waals surface area contributed by atoms with Gasteiger partial charge in [0.15, 0.2) is 6.10 Å². The van der Waals surface area contributed by atoms with Crippen molar-refractivity contribution < 1.29 is 14.3 Å². The smallest absolute Gasteiger partial charge is 0.343 e. The van der Waals surface area contributed by atoms with E-state index < -0.39 is 12.1 Å². The third-order valence-corrected chi connectivity index (χ3v) is 4.00. The van der Waals surface area contributed by atoms with Crippen molar-refractivity contribution in [1.82, 2.24) is 4.37 Å². The van der Waals surface area contributed by atoms with Gasteiger partial charge in [-0.15, -0.1) is 0 Å². The maximum Gasteiger partial charge on any atom is 0.343 e. The molecule has 0 aliphatic rings. The van der Waals surface area contributed by atoms with Gasteiger partial charge in [-0.25, -0.2) is 4.79 Å². The molecule has 0 aliphatic heterocycles. The summed E-state index contributed by atoms with van der Waals surface area (Å²) in [5.41, 5.74) is 7.13. The molecule has 1 aromatic carbocycles. The monoisotopic (exact) mass is 333 g/mol. The molecule has 6 nitrogen and oxygen atoms in total. The Labute approximate surface area is 138 Å². The second kappa shape index (κ2) is 7.23. The molecule has 1 aromatic heterocycles. The molecule has 0 aliphatic carbocycles. The minimum atomic E-state index is -0.915. The molecule has 0 bridgehead atoms. The van der Waals surface area contributed by atoms with Crippen LogP contribution in [0.3, 0.4) is 0 Å². The van der Waals surface area contributed by atoms with Crippen LogP contribution in [0.4, 0.5) is 10.7 Å². The second-order valence-electron chi connectivity index (χ2n) is 5.43. The zero-order valence-electron chi connectivity index (χ0n) is 13.2. The van der Waals surface area contributed by atoms with Crippen LogP contribution < -0.4 is 11.1 Å². The first-order valence-corrected chi connectivity index (χ1v) is 7.96. The van der Waals surface area contributed by atoms with Crippen LogP contribution in [0.15, 0.2) is 30.3 Å². The Morgan fingerprint density at radius 2 is 1.91 bits per heavy atom. The van der Waals surface area contributed by atoms with E-state index in [9.17, 15) is 9.59 Å². The normalized spacial score (nSPS) is 12.0. The number of aryl methyl sites for hydroxylation is 1. The SMILES string of the molecule is Cc1nsc(N)c1C(=O)O[C@H](C(=O)Nc1ccccc1)C(C)C. The van der Waals surface area contributed by atoms with E-state index in [0.29, 0.717) is 16.4 Å². The number of rotatable bonds is 5. The lowest BCUT2D eigenvalue weighted by Crippen LogP contribution is -2.36. The number of carbonyl (C=O) groups excluding carboxylic acids is 2. The lowest BCUT2D eigenvalue weighted by atomic mass is 10.1. The Balaban J connectivity index is 2.12. The number of nitrogens with two attached hydrogens (primary N) is 1. The molecule has 1 amide bonds. The Bertz CT molecular complexity index is 678. The van der Waals surface area contributed by atoms with E-state index in [0.717, 1.165) is 11.5 Å². The van der Waals surface area contributed by atoms with Crippen molar-refractivity contribution in [1.29, 1.82) is 0 Å².